The van der Waals surface area contributed by atoms with Crippen molar-refractivity contribution in [3.8, 4) is 0 Å². The predicted molar refractivity (Wildman–Crippen MR) is 122 cm³/mol. The molecule has 0 aromatic carbocycles. The Morgan fingerprint density at radius 1 is 0.848 bits per heavy atom. The molecule has 0 amide bonds. The van der Waals surface area contributed by atoms with Crippen molar-refractivity contribution in [1.82, 2.24) is 20.0 Å². The third-order valence-electron chi connectivity index (χ3n) is 7.29. The number of fused-ring (bicyclic) bond motifs is 4. The molecule has 0 saturated carbocycles. The van der Waals surface area contributed by atoms with Crippen molar-refractivity contribution in [3.05, 3.63) is 20.9 Å². The highest BCUT2D eigenvalue weighted by Crippen LogP contribution is 2.44. The molecule has 4 rings (SSSR count). The van der Waals surface area contributed by atoms with Crippen molar-refractivity contribution >= 4 is 5.97 Å². The lowest BCUT2D eigenvalue weighted by Crippen LogP contribution is -2.66. The molecule has 33 heavy (non-hydrogen) atoms. The number of hydrogen-bond acceptors (Lipinski definition) is 8. The summed E-state index contributed by atoms with van der Waals surface area (Å²) in [7, 11) is 0. The quantitative estimate of drug-likeness (QED) is 0.269. The van der Waals surface area contributed by atoms with Gasteiger partial charge in [0.2, 0.25) is 0 Å². The molecule has 12 nitrogen and oxygen atoms in total. The smallest absolute Gasteiger partial charge is 0.326 e. The van der Waals surface area contributed by atoms with Crippen LogP contribution in [0.1, 0.15) is 67.2 Å². The van der Waals surface area contributed by atoms with Crippen LogP contribution in [0.2, 0.25) is 0 Å². The van der Waals surface area contributed by atoms with Crippen molar-refractivity contribution < 1.29 is 9.53 Å². The Hall–Kier alpha value is -2.07. The first-order valence-electron chi connectivity index (χ1n) is 11.9. The molecule has 4 aliphatic heterocycles. The number of carbonyl (C=O) groups excluding carboxylic acids is 1. The lowest BCUT2D eigenvalue weighted by Gasteiger charge is -2.52. The molecular formula is C21H36N10O2. The van der Waals surface area contributed by atoms with Gasteiger partial charge in [-0.3, -0.25) is 4.79 Å². The van der Waals surface area contributed by atoms with Crippen molar-refractivity contribution in [2.24, 2.45) is 22.1 Å². The van der Waals surface area contributed by atoms with E-state index in [0.717, 1.165) is 25.9 Å². The zero-order valence-corrected chi connectivity index (χ0v) is 20.5. The first-order chi connectivity index (χ1) is 15.5. The van der Waals surface area contributed by atoms with Crippen LogP contribution >= 0.6 is 0 Å². The second kappa shape index (κ2) is 8.61. The van der Waals surface area contributed by atoms with E-state index in [1.165, 1.54) is 0 Å². The minimum atomic E-state index is -0.382. The Bertz CT molecular complexity index is 869. The molecule has 0 aromatic heterocycles. The van der Waals surface area contributed by atoms with Crippen molar-refractivity contribution in [2.75, 3.05) is 13.1 Å². The minimum Gasteiger partial charge on any atom is -0.444 e. The van der Waals surface area contributed by atoms with Gasteiger partial charge in [-0.2, -0.15) is 0 Å². The van der Waals surface area contributed by atoms with E-state index in [0.29, 0.717) is 12.8 Å². The van der Waals surface area contributed by atoms with E-state index in [2.05, 4.69) is 81.6 Å². The average Bonchev–Trinajstić information content (AvgIpc) is 3.12. The molecule has 4 aliphatic rings. The third kappa shape index (κ3) is 4.27. The SMILES string of the molecule is CC(C)(C)N1C(N=[N+]=[N-])CC2CCN1C2OC(=O)C1C2CCN1N(C(C)(C)C)C(N=[N+]=[N-])C2. The highest BCUT2D eigenvalue weighted by Gasteiger charge is 2.55. The molecule has 0 aromatic rings. The van der Waals surface area contributed by atoms with Crippen LogP contribution in [0.3, 0.4) is 0 Å². The summed E-state index contributed by atoms with van der Waals surface area (Å²) in [6.07, 6.45) is 2.13. The van der Waals surface area contributed by atoms with Crippen molar-refractivity contribution in [2.45, 2.75) is 103 Å². The summed E-state index contributed by atoms with van der Waals surface area (Å²) >= 11 is 0. The van der Waals surface area contributed by atoms with E-state index >= 15 is 0 Å². The van der Waals surface area contributed by atoms with Crippen LogP contribution in [-0.4, -0.2) is 74.8 Å². The van der Waals surface area contributed by atoms with E-state index in [1.54, 1.807) is 0 Å². The van der Waals surface area contributed by atoms with E-state index < -0.39 is 0 Å². The monoisotopic (exact) mass is 460 g/mol. The molecule has 4 heterocycles. The van der Waals surface area contributed by atoms with Crippen molar-refractivity contribution in [1.29, 1.82) is 0 Å². The average molecular weight is 461 g/mol. The van der Waals surface area contributed by atoms with Crippen LogP contribution in [0, 0.1) is 11.8 Å². The van der Waals surface area contributed by atoms with E-state index in [1.807, 2.05) is 0 Å². The molecule has 12 heteroatoms. The fraction of sp³-hybridized carbons (Fsp3) is 0.952. The van der Waals surface area contributed by atoms with Crippen LogP contribution in [0.4, 0.5) is 0 Å². The Labute approximate surface area is 195 Å². The summed E-state index contributed by atoms with van der Waals surface area (Å²) in [6, 6.07) is -0.382. The van der Waals surface area contributed by atoms with E-state index in [-0.39, 0.29) is 53.5 Å². The fourth-order valence-corrected chi connectivity index (χ4v) is 6.32. The summed E-state index contributed by atoms with van der Waals surface area (Å²) in [5, 5.41) is 16.4. The molecule has 8 unspecified atom stereocenters. The first-order valence-corrected chi connectivity index (χ1v) is 11.9. The van der Waals surface area contributed by atoms with Gasteiger partial charge in [-0.05, 0) is 84.2 Å². The summed E-state index contributed by atoms with van der Waals surface area (Å²) in [6.45, 7) is 13.9. The molecule has 0 aliphatic carbocycles. The van der Waals surface area contributed by atoms with Crippen LogP contribution in [0.25, 0.3) is 20.9 Å². The number of hydrazine groups is 2. The number of ether oxygens (including phenoxy) is 1. The number of esters is 1. The van der Waals surface area contributed by atoms with E-state index in [4.69, 9.17) is 15.8 Å². The molecule has 4 saturated heterocycles. The number of carbonyl (C=O) groups is 1. The summed E-state index contributed by atoms with van der Waals surface area (Å²) in [5.74, 6) is 0.00980. The van der Waals surface area contributed by atoms with Crippen molar-refractivity contribution in [3.63, 3.8) is 0 Å². The van der Waals surface area contributed by atoms with Gasteiger partial charge in [-0.1, -0.05) is 10.2 Å². The van der Waals surface area contributed by atoms with Crippen LogP contribution < -0.4 is 0 Å². The van der Waals surface area contributed by atoms with Gasteiger partial charge >= 0.3 is 5.97 Å². The maximum atomic E-state index is 13.6. The lowest BCUT2D eigenvalue weighted by atomic mass is 9.91. The Morgan fingerprint density at radius 3 is 1.88 bits per heavy atom. The van der Waals surface area contributed by atoms with E-state index in [9.17, 15) is 4.79 Å². The normalized spacial score (nSPS) is 39.0. The Kier molecular flexibility index (Phi) is 6.28. The van der Waals surface area contributed by atoms with Gasteiger partial charge in [0.15, 0.2) is 6.23 Å². The minimum absolute atomic E-state index is 0.0949. The van der Waals surface area contributed by atoms with Gasteiger partial charge in [-0.25, -0.2) is 20.0 Å². The Balaban J connectivity index is 1.56. The largest absolute Gasteiger partial charge is 0.444 e. The molecule has 8 atom stereocenters. The van der Waals surface area contributed by atoms with Gasteiger partial charge in [-0.15, -0.1) is 0 Å². The number of rotatable bonds is 4. The first kappa shape index (κ1) is 24.1. The Morgan fingerprint density at radius 2 is 1.33 bits per heavy atom. The van der Waals surface area contributed by atoms with Gasteiger partial charge < -0.3 is 4.74 Å². The number of hydrogen-bond donors (Lipinski definition) is 0. The van der Waals surface area contributed by atoms with Crippen LogP contribution in [0.15, 0.2) is 10.2 Å². The van der Waals surface area contributed by atoms with Crippen LogP contribution in [0.5, 0.6) is 0 Å². The zero-order valence-electron chi connectivity index (χ0n) is 20.5. The second-order valence-corrected chi connectivity index (χ2v) is 11.6. The second-order valence-electron chi connectivity index (χ2n) is 11.6. The number of azide groups is 2. The summed E-state index contributed by atoms with van der Waals surface area (Å²) in [5.41, 5.74) is 17.6. The molecule has 4 bridgehead atoms. The highest BCUT2D eigenvalue weighted by molar-refractivity contribution is 5.77. The fourth-order valence-electron chi connectivity index (χ4n) is 6.32. The van der Waals surface area contributed by atoms with Crippen LogP contribution in [-0.2, 0) is 9.53 Å². The van der Waals surface area contributed by atoms with Gasteiger partial charge in [0, 0.05) is 39.9 Å². The zero-order chi connectivity index (χ0) is 24.1. The molecular weight excluding hydrogens is 424 g/mol. The maximum Gasteiger partial charge on any atom is 0.326 e. The van der Waals surface area contributed by atoms with Gasteiger partial charge in [0.1, 0.15) is 18.4 Å². The third-order valence-corrected chi connectivity index (χ3v) is 7.29. The predicted octanol–water partition coefficient (Wildman–Crippen LogP) is 3.98. The maximum absolute atomic E-state index is 13.6. The molecule has 0 radical (unpaired) electrons. The molecule has 182 valence electrons. The lowest BCUT2D eigenvalue weighted by molar-refractivity contribution is -0.239. The summed E-state index contributed by atoms with van der Waals surface area (Å²) < 4.78 is 6.25. The topological polar surface area (TPSA) is 137 Å². The van der Waals surface area contributed by atoms with Gasteiger partial charge in [0.25, 0.3) is 0 Å². The molecule has 0 spiro atoms. The molecule has 0 N–H and O–H groups in total. The summed E-state index contributed by atoms with van der Waals surface area (Å²) in [4.78, 5) is 19.7. The van der Waals surface area contributed by atoms with Gasteiger partial charge in [0.05, 0.1) is 0 Å². The molecule has 4 fully saturated rings. The highest BCUT2D eigenvalue weighted by atomic mass is 16.6. The standard InChI is InChI=1S/C21H36N10O2/c1-20(2,3)30-15(24-26-22)11-13-7-9-28(30)17(13)19(32)33-18-14-8-10-29(18)31(21(4,5)6)16(12-14)25-27-23/h13-18H,7-12H2,1-6H3. The number of nitrogens with zero attached hydrogens (tertiary/aromatic N) is 10.